The summed E-state index contributed by atoms with van der Waals surface area (Å²) in [5, 5.41) is 12.2. The smallest absolute Gasteiger partial charge is 0.197 e. The van der Waals surface area contributed by atoms with Crippen LogP contribution in [0.25, 0.3) is 21.8 Å². The lowest BCUT2D eigenvalue weighted by Gasteiger charge is -2.23. The minimum Gasteiger partial charge on any atom is -0.340 e. The lowest BCUT2D eigenvalue weighted by molar-refractivity contribution is 0.264. The van der Waals surface area contributed by atoms with Gasteiger partial charge in [-0.2, -0.15) is 0 Å². The van der Waals surface area contributed by atoms with Crippen molar-refractivity contribution >= 4 is 21.8 Å². The predicted octanol–water partition coefficient (Wildman–Crippen LogP) is 2.41. The van der Waals surface area contributed by atoms with E-state index in [9.17, 15) is 4.79 Å². The Bertz CT molecular complexity index is 975. The van der Waals surface area contributed by atoms with Gasteiger partial charge in [0.25, 0.3) is 0 Å². The summed E-state index contributed by atoms with van der Waals surface area (Å²) < 4.78 is 2.34. The molecule has 0 radical (unpaired) electrons. The third-order valence-corrected chi connectivity index (χ3v) is 6.40. The van der Waals surface area contributed by atoms with Crippen LogP contribution in [-0.2, 0) is 6.54 Å². The Morgan fingerprint density at radius 2 is 1.12 bits per heavy atom. The summed E-state index contributed by atoms with van der Waals surface area (Å²) in [5.41, 5.74) is 2.23. The maximum Gasteiger partial charge on any atom is 0.197 e. The standard InChI is InChI=1S/C26H37N5O/c32-26-22-8-2-4-10-24(22)31(25-11-5-3-9-23(25)26)19-7-1-6-18-30-20-16-28-14-12-27-13-15-29-17-21-30/h2-5,8-11,27-29H,1,6-7,12-21H2. The first-order valence-corrected chi connectivity index (χ1v) is 12.2. The van der Waals surface area contributed by atoms with Crippen LogP contribution in [-0.4, -0.2) is 68.4 Å². The van der Waals surface area contributed by atoms with E-state index in [2.05, 4.69) is 37.6 Å². The fourth-order valence-corrected chi connectivity index (χ4v) is 4.64. The Morgan fingerprint density at radius 3 is 1.72 bits per heavy atom. The van der Waals surface area contributed by atoms with Crippen molar-refractivity contribution in [3.05, 3.63) is 58.8 Å². The number of hydrogen-bond acceptors (Lipinski definition) is 5. The maximum absolute atomic E-state index is 12.9. The van der Waals surface area contributed by atoms with E-state index >= 15 is 0 Å². The van der Waals surface area contributed by atoms with Crippen LogP contribution < -0.4 is 21.4 Å². The number of unbranched alkanes of at least 4 members (excludes halogenated alkanes) is 2. The molecular weight excluding hydrogens is 398 g/mol. The molecular formula is C26H37N5O. The summed E-state index contributed by atoms with van der Waals surface area (Å²) in [7, 11) is 0. The number of nitrogens with zero attached hydrogens (tertiary/aromatic N) is 2. The van der Waals surface area contributed by atoms with Gasteiger partial charge in [-0.15, -0.1) is 0 Å². The molecule has 1 saturated heterocycles. The second-order valence-corrected chi connectivity index (χ2v) is 8.67. The van der Waals surface area contributed by atoms with Gasteiger partial charge in [-0.3, -0.25) is 4.79 Å². The molecule has 6 heteroatoms. The molecule has 1 aliphatic heterocycles. The molecule has 1 aliphatic rings. The number of benzene rings is 2. The highest BCUT2D eigenvalue weighted by molar-refractivity contribution is 5.93. The van der Waals surface area contributed by atoms with E-state index in [4.69, 9.17) is 0 Å². The average molecular weight is 436 g/mol. The summed E-state index contributed by atoms with van der Waals surface area (Å²) in [5.74, 6) is 0. The fraction of sp³-hybridized carbons (Fsp3) is 0.500. The highest BCUT2D eigenvalue weighted by atomic mass is 16.1. The van der Waals surface area contributed by atoms with Gasteiger partial charge in [0, 0.05) is 69.7 Å². The van der Waals surface area contributed by atoms with Crippen LogP contribution >= 0.6 is 0 Å². The molecule has 2 heterocycles. The van der Waals surface area contributed by atoms with E-state index in [1.165, 1.54) is 12.8 Å². The van der Waals surface area contributed by atoms with Crippen molar-refractivity contribution in [3.63, 3.8) is 0 Å². The third-order valence-electron chi connectivity index (χ3n) is 6.40. The van der Waals surface area contributed by atoms with E-state index < -0.39 is 0 Å². The van der Waals surface area contributed by atoms with E-state index in [1.807, 2.05) is 36.4 Å². The molecule has 0 atom stereocenters. The predicted molar refractivity (Wildman–Crippen MR) is 135 cm³/mol. The monoisotopic (exact) mass is 435 g/mol. The molecule has 0 unspecified atom stereocenters. The van der Waals surface area contributed by atoms with Crippen LogP contribution in [0.5, 0.6) is 0 Å². The molecule has 0 bridgehead atoms. The number of rotatable bonds is 6. The Hall–Kier alpha value is -2.25. The van der Waals surface area contributed by atoms with Crippen LogP contribution in [0, 0.1) is 0 Å². The first-order chi connectivity index (χ1) is 15.8. The molecule has 2 aromatic carbocycles. The summed E-state index contributed by atoms with van der Waals surface area (Å²) >= 11 is 0. The van der Waals surface area contributed by atoms with Gasteiger partial charge in [-0.25, -0.2) is 0 Å². The van der Waals surface area contributed by atoms with Gasteiger partial charge < -0.3 is 25.4 Å². The molecule has 172 valence electrons. The minimum absolute atomic E-state index is 0.140. The van der Waals surface area contributed by atoms with Gasteiger partial charge in [0.15, 0.2) is 5.43 Å². The molecule has 0 amide bonds. The van der Waals surface area contributed by atoms with Crippen LogP contribution in [0.15, 0.2) is 53.3 Å². The molecule has 1 fully saturated rings. The number of hydrogen-bond donors (Lipinski definition) is 3. The number of para-hydroxylation sites is 2. The normalized spacial score (nSPS) is 17.2. The first-order valence-electron chi connectivity index (χ1n) is 12.2. The fourth-order valence-electron chi connectivity index (χ4n) is 4.64. The molecule has 0 saturated carbocycles. The van der Waals surface area contributed by atoms with Crippen molar-refractivity contribution in [2.75, 3.05) is 58.9 Å². The lowest BCUT2D eigenvalue weighted by Crippen LogP contribution is -2.42. The zero-order chi connectivity index (χ0) is 22.0. The molecule has 0 aliphatic carbocycles. The lowest BCUT2D eigenvalue weighted by atomic mass is 10.1. The summed E-state index contributed by atoms with van der Waals surface area (Å²) in [4.78, 5) is 15.5. The number of fused-ring (bicyclic) bond motifs is 2. The number of nitrogens with one attached hydrogen (secondary N) is 3. The van der Waals surface area contributed by atoms with Crippen molar-refractivity contribution in [1.29, 1.82) is 0 Å². The van der Waals surface area contributed by atoms with Gasteiger partial charge in [0.05, 0.1) is 11.0 Å². The molecule has 3 aromatic rings. The van der Waals surface area contributed by atoms with Gasteiger partial charge in [0.2, 0.25) is 0 Å². The molecule has 1 aromatic heterocycles. The molecule has 0 spiro atoms. The molecule has 4 rings (SSSR count). The van der Waals surface area contributed by atoms with E-state index in [0.717, 1.165) is 93.7 Å². The largest absolute Gasteiger partial charge is 0.340 e. The van der Waals surface area contributed by atoms with Crippen LogP contribution in [0.3, 0.4) is 0 Å². The Kier molecular flexibility index (Phi) is 8.68. The summed E-state index contributed by atoms with van der Waals surface area (Å²) in [6.45, 7) is 10.6. The van der Waals surface area contributed by atoms with Crippen LogP contribution in [0.4, 0.5) is 0 Å². The van der Waals surface area contributed by atoms with Crippen LogP contribution in [0.2, 0.25) is 0 Å². The maximum atomic E-state index is 12.9. The van der Waals surface area contributed by atoms with Crippen LogP contribution in [0.1, 0.15) is 19.3 Å². The van der Waals surface area contributed by atoms with Gasteiger partial charge in [0.1, 0.15) is 0 Å². The Balaban J connectivity index is 1.34. The van der Waals surface area contributed by atoms with Gasteiger partial charge in [-0.05, 0) is 43.7 Å². The third kappa shape index (κ3) is 5.95. The highest BCUT2D eigenvalue weighted by Gasteiger charge is 2.10. The van der Waals surface area contributed by atoms with Crippen molar-refractivity contribution in [2.45, 2.75) is 25.8 Å². The van der Waals surface area contributed by atoms with E-state index in [0.29, 0.717) is 0 Å². The Labute approximate surface area is 191 Å². The zero-order valence-electron chi connectivity index (χ0n) is 19.1. The number of aromatic nitrogens is 1. The zero-order valence-corrected chi connectivity index (χ0v) is 19.1. The highest BCUT2D eigenvalue weighted by Crippen LogP contribution is 2.20. The van der Waals surface area contributed by atoms with E-state index in [-0.39, 0.29) is 5.43 Å². The summed E-state index contributed by atoms with van der Waals surface area (Å²) in [6, 6.07) is 16.0. The number of pyridine rings is 1. The van der Waals surface area contributed by atoms with Crippen molar-refractivity contribution < 1.29 is 0 Å². The van der Waals surface area contributed by atoms with Crippen molar-refractivity contribution in [3.8, 4) is 0 Å². The topological polar surface area (TPSA) is 61.3 Å². The first kappa shape index (κ1) is 22.9. The van der Waals surface area contributed by atoms with Gasteiger partial charge >= 0.3 is 0 Å². The quantitative estimate of drug-likeness (QED) is 0.410. The Morgan fingerprint density at radius 1 is 0.625 bits per heavy atom. The SMILES string of the molecule is O=c1c2ccccc2n(CCCCCN2CCNCCNCCNCC2)c2ccccc12. The van der Waals surface area contributed by atoms with E-state index in [1.54, 1.807) is 0 Å². The molecule has 32 heavy (non-hydrogen) atoms. The number of aryl methyl sites for hydroxylation is 1. The molecule has 6 nitrogen and oxygen atoms in total. The van der Waals surface area contributed by atoms with Crippen molar-refractivity contribution in [1.82, 2.24) is 25.4 Å². The second-order valence-electron chi connectivity index (χ2n) is 8.67. The average Bonchev–Trinajstić information content (AvgIpc) is 2.82. The molecule has 3 N–H and O–H groups in total. The van der Waals surface area contributed by atoms with Gasteiger partial charge in [-0.1, -0.05) is 30.7 Å². The summed E-state index contributed by atoms with van der Waals surface area (Å²) in [6.07, 6.45) is 3.51. The minimum atomic E-state index is 0.140. The second kappa shape index (κ2) is 12.1. The van der Waals surface area contributed by atoms with Crippen molar-refractivity contribution in [2.24, 2.45) is 0 Å².